The van der Waals surface area contributed by atoms with Gasteiger partial charge in [0.05, 0.1) is 5.02 Å². The lowest BCUT2D eigenvalue weighted by Gasteiger charge is -2.10. The van der Waals surface area contributed by atoms with Gasteiger partial charge in [-0.1, -0.05) is 65.7 Å². The van der Waals surface area contributed by atoms with E-state index in [9.17, 15) is 4.79 Å². The molecular weight excluding hydrogens is 390 g/mol. The molecule has 0 aromatic heterocycles. The Kier molecular flexibility index (Phi) is 7.40. The Labute approximate surface area is 175 Å². The fourth-order valence-corrected chi connectivity index (χ4v) is 3.62. The molecule has 3 aromatic carbocycles. The summed E-state index contributed by atoms with van der Waals surface area (Å²) >= 11 is 8.02. The number of carbonyl (C=O) groups is 1. The third-order valence-corrected chi connectivity index (χ3v) is 5.42. The van der Waals surface area contributed by atoms with Gasteiger partial charge in [0.1, 0.15) is 5.75 Å². The van der Waals surface area contributed by atoms with Gasteiger partial charge in [-0.05, 0) is 42.3 Å². The smallest absolute Gasteiger partial charge is 0.257 e. The van der Waals surface area contributed by atoms with Crippen LogP contribution < -0.4 is 10.1 Å². The predicted octanol–water partition coefficient (Wildman–Crippen LogP) is 5.60. The van der Waals surface area contributed by atoms with E-state index in [4.69, 9.17) is 16.3 Å². The van der Waals surface area contributed by atoms with Crippen molar-refractivity contribution in [3.8, 4) is 16.9 Å². The lowest BCUT2D eigenvalue weighted by Crippen LogP contribution is -2.30. The van der Waals surface area contributed by atoms with E-state index in [1.165, 1.54) is 10.5 Å². The number of ether oxygens (including phenoxy) is 1. The van der Waals surface area contributed by atoms with Crippen molar-refractivity contribution < 1.29 is 9.53 Å². The SMILES string of the molecule is Cc1ccc(SCCNC(=O)COc2ccc(-c3ccccc3)cc2Cl)cc1. The zero-order valence-electron chi connectivity index (χ0n) is 15.7. The third kappa shape index (κ3) is 6.04. The number of rotatable bonds is 8. The van der Waals surface area contributed by atoms with Gasteiger partial charge in [0.2, 0.25) is 0 Å². The first-order valence-corrected chi connectivity index (χ1v) is 10.4. The van der Waals surface area contributed by atoms with Crippen LogP contribution in [-0.4, -0.2) is 24.8 Å². The Morgan fingerprint density at radius 2 is 1.75 bits per heavy atom. The number of thioether (sulfide) groups is 1. The van der Waals surface area contributed by atoms with Gasteiger partial charge in [-0.2, -0.15) is 0 Å². The van der Waals surface area contributed by atoms with Gasteiger partial charge in [0, 0.05) is 17.2 Å². The molecule has 0 spiro atoms. The monoisotopic (exact) mass is 411 g/mol. The van der Waals surface area contributed by atoms with Gasteiger partial charge in [0.25, 0.3) is 5.91 Å². The molecule has 3 aromatic rings. The Hall–Kier alpha value is -2.43. The van der Waals surface area contributed by atoms with Gasteiger partial charge in [-0.3, -0.25) is 4.79 Å². The molecule has 1 N–H and O–H groups in total. The zero-order chi connectivity index (χ0) is 19.8. The minimum atomic E-state index is -0.160. The molecule has 0 aliphatic carbocycles. The van der Waals surface area contributed by atoms with Crippen LogP contribution in [0.5, 0.6) is 5.75 Å². The maximum absolute atomic E-state index is 12.0. The number of hydrogen-bond acceptors (Lipinski definition) is 3. The lowest BCUT2D eigenvalue weighted by molar-refractivity contribution is -0.122. The van der Waals surface area contributed by atoms with E-state index in [0.29, 0.717) is 17.3 Å². The van der Waals surface area contributed by atoms with E-state index >= 15 is 0 Å². The summed E-state index contributed by atoms with van der Waals surface area (Å²) in [4.78, 5) is 13.2. The molecule has 3 rings (SSSR count). The quantitative estimate of drug-likeness (QED) is 0.387. The summed E-state index contributed by atoms with van der Waals surface area (Å²) in [5, 5.41) is 3.35. The highest BCUT2D eigenvalue weighted by Crippen LogP contribution is 2.30. The summed E-state index contributed by atoms with van der Waals surface area (Å²) in [6.45, 7) is 2.59. The van der Waals surface area contributed by atoms with Crippen LogP contribution in [0, 0.1) is 6.92 Å². The largest absolute Gasteiger partial charge is 0.482 e. The average Bonchev–Trinajstić information content (AvgIpc) is 2.72. The van der Waals surface area contributed by atoms with Crippen LogP contribution in [0.15, 0.2) is 77.7 Å². The van der Waals surface area contributed by atoms with Gasteiger partial charge in [-0.25, -0.2) is 0 Å². The van der Waals surface area contributed by atoms with E-state index in [1.807, 2.05) is 42.5 Å². The fourth-order valence-electron chi connectivity index (χ4n) is 2.62. The minimum Gasteiger partial charge on any atom is -0.482 e. The molecule has 1 amide bonds. The van der Waals surface area contributed by atoms with E-state index < -0.39 is 0 Å². The van der Waals surface area contributed by atoms with Crippen LogP contribution >= 0.6 is 23.4 Å². The van der Waals surface area contributed by atoms with Crippen LogP contribution in [0.4, 0.5) is 0 Å². The molecule has 0 saturated heterocycles. The van der Waals surface area contributed by atoms with Crippen molar-refractivity contribution in [2.24, 2.45) is 0 Å². The summed E-state index contributed by atoms with van der Waals surface area (Å²) in [5.41, 5.74) is 3.33. The first-order valence-electron chi connectivity index (χ1n) is 9.06. The lowest BCUT2D eigenvalue weighted by atomic mass is 10.1. The molecular formula is C23H22ClNO2S. The summed E-state index contributed by atoms with van der Waals surface area (Å²) in [6, 6.07) is 23.9. The molecule has 3 nitrogen and oxygen atoms in total. The molecule has 0 aliphatic rings. The van der Waals surface area contributed by atoms with Gasteiger partial charge < -0.3 is 10.1 Å². The maximum atomic E-state index is 12.0. The third-order valence-electron chi connectivity index (χ3n) is 4.11. The molecule has 0 unspecified atom stereocenters. The number of halogens is 1. The van der Waals surface area contributed by atoms with Gasteiger partial charge in [0.15, 0.2) is 6.61 Å². The normalized spacial score (nSPS) is 10.5. The molecule has 0 bridgehead atoms. The standard InChI is InChI=1S/C23H22ClNO2S/c1-17-7-10-20(11-8-17)28-14-13-25-23(26)16-27-22-12-9-19(15-21(22)24)18-5-3-2-4-6-18/h2-12,15H,13-14,16H2,1H3,(H,25,26). The van der Waals surface area contributed by atoms with E-state index in [-0.39, 0.29) is 12.5 Å². The summed E-state index contributed by atoms with van der Waals surface area (Å²) in [6.07, 6.45) is 0. The first kappa shape index (κ1) is 20.3. The average molecular weight is 412 g/mol. The molecule has 0 fully saturated rings. The van der Waals surface area contributed by atoms with Crippen molar-refractivity contribution in [2.45, 2.75) is 11.8 Å². The van der Waals surface area contributed by atoms with Crippen molar-refractivity contribution >= 4 is 29.3 Å². The number of benzene rings is 3. The highest BCUT2D eigenvalue weighted by atomic mass is 35.5. The second-order valence-electron chi connectivity index (χ2n) is 6.31. The Bertz CT molecular complexity index is 914. The fraction of sp³-hybridized carbons (Fsp3) is 0.174. The van der Waals surface area contributed by atoms with Gasteiger partial charge >= 0.3 is 0 Å². The summed E-state index contributed by atoms with van der Waals surface area (Å²) in [7, 11) is 0. The van der Waals surface area contributed by atoms with Crippen molar-refractivity contribution in [1.82, 2.24) is 5.32 Å². The highest BCUT2D eigenvalue weighted by molar-refractivity contribution is 7.99. The Balaban J connectivity index is 1.42. The number of carbonyl (C=O) groups excluding carboxylic acids is 1. The van der Waals surface area contributed by atoms with Crippen molar-refractivity contribution in [1.29, 1.82) is 0 Å². The molecule has 0 aliphatic heterocycles. The second kappa shape index (κ2) is 10.2. The number of nitrogens with one attached hydrogen (secondary N) is 1. The molecule has 0 heterocycles. The Morgan fingerprint density at radius 3 is 2.46 bits per heavy atom. The van der Waals surface area contributed by atoms with Gasteiger partial charge in [-0.15, -0.1) is 11.8 Å². The van der Waals surface area contributed by atoms with E-state index in [0.717, 1.165) is 16.9 Å². The molecule has 0 radical (unpaired) electrons. The Morgan fingerprint density at radius 1 is 1.00 bits per heavy atom. The molecule has 144 valence electrons. The van der Waals surface area contributed by atoms with Crippen LogP contribution in [0.1, 0.15) is 5.56 Å². The van der Waals surface area contributed by atoms with E-state index in [1.54, 1.807) is 17.8 Å². The molecule has 5 heteroatoms. The van der Waals surface area contributed by atoms with Crippen LogP contribution in [0.25, 0.3) is 11.1 Å². The topological polar surface area (TPSA) is 38.3 Å². The van der Waals surface area contributed by atoms with Crippen molar-refractivity contribution in [3.05, 3.63) is 83.4 Å². The summed E-state index contributed by atoms with van der Waals surface area (Å²) < 4.78 is 5.57. The van der Waals surface area contributed by atoms with Crippen LogP contribution in [0.2, 0.25) is 5.02 Å². The highest BCUT2D eigenvalue weighted by Gasteiger charge is 2.07. The van der Waals surface area contributed by atoms with Crippen molar-refractivity contribution in [3.63, 3.8) is 0 Å². The minimum absolute atomic E-state index is 0.0560. The first-order chi connectivity index (χ1) is 13.6. The second-order valence-corrected chi connectivity index (χ2v) is 7.89. The molecule has 0 saturated carbocycles. The zero-order valence-corrected chi connectivity index (χ0v) is 17.2. The van der Waals surface area contributed by atoms with Crippen molar-refractivity contribution in [2.75, 3.05) is 18.9 Å². The van der Waals surface area contributed by atoms with Crippen LogP contribution in [-0.2, 0) is 4.79 Å². The molecule has 0 atom stereocenters. The van der Waals surface area contributed by atoms with E-state index in [2.05, 4.69) is 36.5 Å². The molecule has 28 heavy (non-hydrogen) atoms. The number of hydrogen-bond donors (Lipinski definition) is 1. The maximum Gasteiger partial charge on any atom is 0.257 e. The summed E-state index contributed by atoms with van der Waals surface area (Å²) in [5.74, 6) is 1.15. The van der Waals surface area contributed by atoms with Crippen LogP contribution in [0.3, 0.4) is 0 Å². The predicted molar refractivity (Wildman–Crippen MR) is 117 cm³/mol. The number of aryl methyl sites for hydroxylation is 1. The number of amides is 1.